The van der Waals surface area contributed by atoms with Crippen LogP contribution >= 0.6 is 0 Å². The lowest BCUT2D eigenvalue weighted by molar-refractivity contribution is -0.895. The van der Waals surface area contributed by atoms with Crippen LogP contribution in [-0.4, -0.2) is 54.6 Å². The SMILES string of the molecule is O=C(C[NH+]1CCN(C(=O)Cc2noc3ccccc23)CC1)Nc1cccc(F)c1. The molecule has 0 bridgehead atoms. The van der Waals surface area contributed by atoms with Gasteiger partial charge in [-0.1, -0.05) is 23.4 Å². The number of benzene rings is 2. The zero-order valence-corrected chi connectivity index (χ0v) is 15.9. The number of hydrogen-bond acceptors (Lipinski definition) is 4. The molecule has 1 aliphatic heterocycles. The Hall–Kier alpha value is -3.26. The Morgan fingerprint density at radius 1 is 1.14 bits per heavy atom. The Bertz CT molecular complexity index is 1030. The number of amides is 2. The summed E-state index contributed by atoms with van der Waals surface area (Å²) in [5.41, 5.74) is 1.77. The maximum absolute atomic E-state index is 13.2. The average molecular weight is 397 g/mol. The molecular weight excluding hydrogens is 375 g/mol. The summed E-state index contributed by atoms with van der Waals surface area (Å²) in [5, 5.41) is 7.60. The van der Waals surface area contributed by atoms with Crippen LogP contribution in [0, 0.1) is 5.82 Å². The van der Waals surface area contributed by atoms with Gasteiger partial charge in [0.15, 0.2) is 12.1 Å². The normalized spacial score (nSPS) is 14.9. The molecule has 150 valence electrons. The first kappa shape index (κ1) is 19.1. The van der Waals surface area contributed by atoms with E-state index in [2.05, 4.69) is 10.5 Å². The third-order valence-electron chi connectivity index (χ3n) is 5.11. The maximum atomic E-state index is 13.2. The quantitative estimate of drug-likeness (QED) is 0.670. The van der Waals surface area contributed by atoms with Gasteiger partial charge in [-0.05, 0) is 30.3 Å². The molecule has 1 saturated heterocycles. The zero-order chi connectivity index (χ0) is 20.2. The summed E-state index contributed by atoms with van der Waals surface area (Å²) in [6, 6.07) is 13.3. The second kappa shape index (κ2) is 8.40. The number of hydrogen-bond donors (Lipinski definition) is 2. The lowest BCUT2D eigenvalue weighted by Gasteiger charge is -2.31. The zero-order valence-electron chi connectivity index (χ0n) is 15.9. The van der Waals surface area contributed by atoms with Gasteiger partial charge < -0.3 is 19.6 Å². The minimum Gasteiger partial charge on any atom is -0.356 e. The van der Waals surface area contributed by atoms with Gasteiger partial charge in [0.1, 0.15) is 11.5 Å². The van der Waals surface area contributed by atoms with E-state index in [0.29, 0.717) is 43.1 Å². The molecule has 0 spiro atoms. The van der Waals surface area contributed by atoms with Crippen LogP contribution in [0.4, 0.5) is 10.1 Å². The van der Waals surface area contributed by atoms with Gasteiger partial charge in [-0.25, -0.2) is 4.39 Å². The highest BCUT2D eigenvalue weighted by molar-refractivity contribution is 5.91. The van der Waals surface area contributed by atoms with E-state index in [1.54, 1.807) is 17.0 Å². The molecule has 0 atom stereocenters. The van der Waals surface area contributed by atoms with Crippen LogP contribution in [0.1, 0.15) is 5.69 Å². The minimum atomic E-state index is -0.387. The number of para-hydroxylation sites is 1. The van der Waals surface area contributed by atoms with Gasteiger partial charge >= 0.3 is 0 Å². The van der Waals surface area contributed by atoms with Crippen molar-refractivity contribution in [1.82, 2.24) is 10.1 Å². The molecule has 2 amide bonds. The lowest BCUT2D eigenvalue weighted by Crippen LogP contribution is -3.15. The van der Waals surface area contributed by atoms with Crippen molar-refractivity contribution < 1.29 is 23.4 Å². The number of halogens is 1. The lowest BCUT2D eigenvalue weighted by atomic mass is 10.1. The number of piperazine rings is 1. The molecule has 2 N–H and O–H groups in total. The van der Waals surface area contributed by atoms with Crippen LogP contribution in [0.25, 0.3) is 11.0 Å². The summed E-state index contributed by atoms with van der Waals surface area (Å²) in [7, 11) is 0. The first-order valence-electron chi connectivity index (χ1n) is 9.58. The third kappa shape index (κ3) is 4.60. The van der Waals surface area contributed by atoms with Crippen LogP contribution in [0.3, 0.4) is 0 Å². The molecule has 1 aromatic heterocycles. The maximum Gasteiger partial charge on any atom is 0.279 e. The van der Waals surface area contributed by atoms with Gasteiger partial charge in [-0.2, -0.15) is 0 Å². The standard InChI is InChI=1S/C21H21FN4O3/c22-15-4-3-5-16(12-15)23-20(27)14-25-8-10-26(11-9-25)21(28)13-18-17-6-1-2-7-19(17)29-24-18/h1-7,12H,8-11,13-14H2,(H,23,27)/p+1. The molecule has 29 heavy (non-hydrogen) atoms. The number of nitrogens with zero attached hydrogens (tertiary/aromatic N) is 2. The number of aromatic nitrogens is 1. The Morgan fingerprint density at radius 2 is 1.93 bits per heavy atom. The van der Waals surface area contributed by atoms with E-state index in [1.165, 1.54) is 12.1 Å². The summed E-state index contributed by atoms with van der Waals surface area (Å²) >= 11 is 0. The van der Waals surface area contributed by atoms with Crippen LogP contribution in [0.2, 0.25) is 0 Å². The molecule has 0 radical (unpaired) electrons. The molecule has 8 heteroatoms. The van der Waals surface area contributed by atoms with Gasteiger partial charge in [0.05, 0.1) is 32.6 Å². The number of rotatable bonds is 5. The predicted octanol–water partition coefficient (Wildman–Crippen LogP) is 0.875. The molecule has 0 unspecified atom stereocenters. The number of anilines is 1. The minimum absolute atomic E-state index is 0.00677. The second-order valence-corrected chi connectivity index (χ2v) is 7.17. The Morgan fingerprint density at radius 3 is 2.72 bits per heavy atom. The van der Waals surface area contributed by atoms with Crippen molar-refractivity contribution in [3.8, 4) is 0 Å². The number of carbonyl (C=O) groups excluding carboxylic acids is 2. The molecule has 0 saturated carbocycles. The highest BCUT2D eigenvalue weighted by atomic mass is 19.1. The van der Waals surface area contributed by atoms with Gasteiger partial charge in [-0.3, -0.25) is 9.59 Å². The first-order valence-corrected chi connectivity index (χ1v) is 9.58. The van der Waals surface area contributed by atoms with Crippen molar-refractivity contribution in [2.24, 2.45) is 0 Å². The van der Waals surface area contributed by atoms with E-state index >= 15 is 0 Å². The van der Waals surface area contributed by atoms with Crippen molar-refractivity contribution >= 4 is 28.5 Å². The van der Waals surface area contributed by atoms with Crippen LogP contribution in [0.5, 0.6) is 0 Å². The Labute approximate surface area is 167 Å². The van der Waals surface area contributed by atoms with E-state index < -0.39 is 0 Å². The summed E-state index contributed by atoms with van der Waals surface area (Å²) in [4.78, 5) is 27.7. The summed E-state index contributed by atoms with van der Waals surface area (Å²) in [6.07, 6.45) is 0.201. The smallest absolute Gasteiger partial charge is 0.279 e. The highest BCUT2D eigenvalue weighted by Crippen LogP contribution is 2.18. The van der Waals surface area contributed by atoms with Gasteiger partial charge in [0, 0.05) is 11.1 Å². The predicted molar refractivity (Wildman–Crippen MR) is 105 cm³/mol. The fraction of sp³-hybridized carbons (Fsp3) is 0.286. The fourth-order valence-electron chi connectivity index (χ4n) is 3.57. The van der Waals surface area contributed by atoms with Crippen molar-refractivity contribution in [2.75, 3.05) is 38.0 Å². The molecule has 4 rings (SSSR count). The molecule has 0 aliphatic carbocycles. The topological polar surface area (TPSA) is 79.9 Å². The molecule has 2 heterocycles. The average Bonchev–Trinajstić information content (AvgIpc) is 3.11. The van der Waals surface area contributed by atoms with Gasteiger partial charge in [-0.15, -0.1) is 0 Å². The fourth-order valence-corrected chi connectivity index (χ4v) is 3.57. The summed E-state index contributed by atoms with van der Waals surface area (Å²) in [5.74, 6) is -0.547. The van der Waals surface area contributed by atoms with Crippen molar-refractivity contribution in [3.63, 3.8) is 0 Å². The van der Waals surface area contributed by atoms with Gasteiger partial charge in [0.25, 0.3) is 5.91 Å². The molecule has 3 aromatic rings. The molecule has 7 nitrogen and oxygen atoms in total. The van der Waals surface area contributed by atoms with Crippen LogP contribution in [0.15, 0.2) is 53.1 Å². The van der Waals surface area contributed by atoms with Crippen molar-refractivity contribution in [2.45, 2.75) is 6.42 Å². The van der Waals surface area contributed by atoms with Crippen LogP contribution < -0.4 is 10.2 Å². The van der Waals surface area contributed by atoms with Crippen molar-refractivity contribution in [3.05, 3.63) is 60.0 Å². The van der Waals surface area contributed by atoms with E-state index in [-0.39, 0.29) is 30.6 Å². The number of fused-ring (bicyclic) bond motifs is 1. The number of carbonyl (C=O) groups is 2. The van der Waals surface area contributed by atoms with Gasteiger partial charge in [0.2, 0.25) is 5.91 Å². The monoisotopic (exact) mass is 397 g/mol. The molecular formula is C21H22FN4O3+. The third-order valence-corrected chi connectivity index (χ3v) is 5.11. The molecule has 2 aromatic carbocycles. The molecule has 1 fully saturated rings. The van der Waals surface area contributed by atoms with E-state index in [4.69, 9.17) is 4.52 Å². The Balaban J connectivity index is 1.26. The summed E-state index contributed by atoms with van der Waals surface area (Å²) in [6.45, 7) is 2.81. The first-order chi connectivity index (χ1) is 14.1. The van der Waals surface area contributed by atoms with Crippen molar-refractivity contribution in [1.29, 1.82) is 0 Å². The van der Waals surface area contributed by atoms with E-state index in [1.807, 2.05) is 24.3 Å². The Kier molecular flexibility index (Phi) is 5.53. The highest BCUT2D eigenvalue weighted by Gasteiger charge is 2.26. The molecule has 1 aliphatic rings. The largest absolute Gasteiger partial charge is 0.356 e. The summed E-state index contributed by atoms with van der Waals surface area (Å²) < 4.78 is 18.5. The second-order valence-electron chi connectivity index (χ2n) is 7.17. The van der Waals surface area contributed by atoms with E-state index in [0.717, 1.165) is 10.3 Å². The number of quaternary nitrogens is 1. The van der Waals surface area contributed by atoms with E-state index in [9.17, 15) is 14.0 Å². The number of nitrogens with one attached hydrogen (secondary N) is 2. The van der Waals surface area contributed by atoms with Crippen LogP contribution in [-0.2, 0) is 16.0 Å².